The molecule has 124 valence electrons. The molecule has 1 saturated heterocycles. The van der Waals surface area contributed by atoms with E-state index in [4.69, 9.17) is 24.5 Å². The molecule has 0 aromatic carbocycles. The zero-order chi connectivity index (χ0) is 16.9. The van der Waals surface area contributed by atoms with Crippen LogP contribution in [-0.2, 0) is 23.7 Å². The van der Waals surface area contributed by atoms with Crippen LogP contribution in [0.3, 0.4) is 0 Å². The molecular weight excluding hydrogens is 294 g/mol. The summed E-state index contributed by atoms with van der Waals surface area (Å²) in [6, 6.07) is -0.717. The van der Waals surface area contributed by atoms with Gasteiger partial charge in [0, 0.05) is 18.3 Å². The second kappa shape index (κ2) is 7.33. The minimum Gasteiger partial charge on any atom is -0.436 e. The van der Waals surface area contributed by atoms with Gasteiger partial charge < -0.3 is 18.9 Å². The van der Waals surface area contributed by atoms with Crippen LogP contribution in [0, 0.1) is 0 Å². The summed E-state index contributed by atoms with van der Waals surface area (Å²) in [4.78, 5) is 25.5. The Balaban J connectivity index is 2.77. The van der Waals surface area contributed by atoms with E-state index < -0.39 is 42.3 Å². The Kier molecular flexibility index (Phi) is 6.01. The number of esters is 1. The van der Waals surface area contributed by atoms with E-state index in [0.717, 1.165) is 0 Å². The highest BCUT2D eigenvalue weighted by atomic mass is 16.8. The van der Waals surface area contributed by atoms with Crippen LogP contribution in [-0.4, -0.2) is 42.3 Å². The van der Waals surface area contributed by atoms with Gasteiger partial charge in [-0.3, -0.25) is 4.79 Å². The molecule has 0 bridgehead atoms. The standard InChI is InChI=1S/C13H21N3O6/c1-7-11(21-12(18)22-13(3,4)5)9(15-16-14)6-10(19-7)20-8(2)17/h7,9-11H,6H2,1-5H3/t7-,9-,10-,11-/m0/s1. The molecule has 0 unspecified atom stereocenters. The SMILES string of the molecule is CC(=O)O[C@H]1C[C@H](N=[N+]=[N-])[C@@H](OC(=O)OC(C)(C)C)[C@H](C)O1. The Bertz CT molecular complexity index is 469. The van der Waals surface area contributed by atoms with Crippen molar-refractivity contribution in [2.45, 2.75) is 71.2 Å². The summed E-state index contributed by atoms with van der Waals surface area (Å²) >= 11 is 0. The summed E-state index contributed by atoms with van der Waals surface area (Å²) in [6.45, 7) is 7.99. The molecule has 1 aliphatic rings. The Labute approximate surface area is 128 Å². The maximum atomic E-state index is 11.8. The third-order valence-corrected chi connectivity index (χ3v) is 2.76. The van der Waals surface area contributed by atoms with E-state index >= 15 is 0 Å². The van der Waals surface area contributed by atoms with Crippen molar-refractivity contribution in [1.82, 2.24) is 0 Å². The summed E-state index contributed by atoms with van der Waals surface area (Å²) in [6.07, 6.45) is -3.07. The van der Waals surface area contributed by atoms with E-state index in [1.54, 1.807) is 27.7 Å². The number of carbonyl (C=O) groups is 2. The van der Waals surface area contributed by atoms with Crippen molar-refractivity contribution in [3.05, 3.63) is 10.4 Å². The highest BCUT2D eigenvalue weighted by Crippen LogP contribution is 2.27. The van der Waals surface area contributed by atoms with Crippen LogP contribution in [0.5, 0.6) is 0 Å². The number of nitrogens with zero attached hydrogens (tertiary/aromatic N) is 3. The Morgan fingerprint density at radius 1 is 1.32 bits per heavy atom. The monoisotopic (exact) mass is 315 g/mol. The minimum atomic E-state index is -0.878. The average molecular weight is 315 g/mol. The molecule has 0 aromatic rings. The van der Waals surface area contributed by atoms with Crippen LogP contribution in [0.4, 0.5) is 4.79 Å². The fraction of sp³-hybridized carbons (Fsp3) is 0.846. The van der Waals surface area contributed by atoms with Gasteiger partial charge in [0.2, 0.25) is 6.29 Å². The molecule has 1 fully saturated rings. The number of rotatable bonds is 3. The van der Waals surface area contributed by atoms with E-state index in [0.29, 0.717) is 0 Å². The fourth-order valence-electron chi connectivity index (χ4n) is 2.02. The Hall–Kier alpha value is -1.99. The second-order valence-electron chi connectivity index (χ2n) is 5.94. The number of azide groups is 1. The van der Waals surface area contributed by atoms with Crippen molar-refractivity contribution >= 4 is 12.1 Å². The van der Waals surface area contributed by atoms with Crippen LogP contribution < -0.4 is 0 Å². The third kappa shape index (κ3) is 5.79. The van der Waals surface area contributed by atoms with Crippen molar-refractivity contribution in [3.63, 3.8) is 0 Å². The van der Waals surface area contributed by atoms with Gasteiger partial charge in [0.05, 0.1) is 12.1 Å². The molecule has 0 saturated carbocycles. The number of ether oxygens (including phenoxy) is 4. The van der Waals surface area contributed by atoms with E-state index in [1.807, 2.05) is 0 Å². The molecule has 0 aliphatic carbocycles. The molecule has 0 N–H and O–H groups in total. The first-order valence-corrected chi connectivity index (χ1v) is 6.89. The third-order valence-electron chi connectivity index (χ3n) is 2.76. The maximum absolute atomic E-state index is 11.8. The predicted octanol–water partition coefficient (Wildman–Crippen LogP) is 2.68. The molecule has 9 nitrogen and oxygen atoms in total. The van der Waals surface area contributed by atoms with Gasteiger partial charge in [-0.2, -0.15) is 0 Å². The summed E-state index contributed by atoms with van der Waals surface area (Å²) in [7, 11) is 0. The van der Waals surface area contributed by atoms with Gasteiger partial charge in [-0.15, -0.1) is 0 Å². The Morgan fingerprint density at radius 3 is 2.45 bits per heavy atom. The van der Waals surface area contributed by atoms with Gasteiger partial charge in [-0.25, -0.2) is 4.79 Å². The van der Waals surface area contributed by atoms with Gasteiger partial charge in [0.25, 0.3) is 0 Å². The zero-order valence-corrected chi connectivity index (χ0v) is 13.3. The molecule has 1 aliphatic heterocycles. The molecular formula is C13H21N3O6. The summed E-state index contributed by atoms with van der Waals surface area (Å²) in [5.74, 6) is -0.511. The Morgan fingerprint density at radius 2 is 1.95 bits per heavy atom. The molecule has 0 radical (unpaired) electrons. The number of hydrogen-bond donors (Lipinski definition) is 0. The molecule has 0 amide bonds. The van der Waals surface area contributed by atoms with Crippen molar-refractivity contribution in [3.8, 4) is 0 Å². The lowest BCUT2D eigenvalue weighted by Gasteiger charge is -2.37. The molecule has 22 heavy (non-hydrogen) atoms. The first kappa shape index (κ1) is 18.1. The molecule has 1 heterocycles. The number of carbonyl (C=O) groups excluding carboxylic acids is 2. The summed E-state index contributed by atoms with van der Waals surface area (Å²) in [5, 5.41) is 3.60. The van der Waals surface area contributed by atoms with Gasteiger partial charge >= 0.3 is 12.1 Å². The van der Waals surface area contributed by atoms with Gasteiger partial charge in [-0.05, 0) is 33.2 Å². The summed E-state index contributed by atoms with van der Waals surface area (Å²) in [5.41, 5.74) is 7.95. The molecule has 4 atom stereocenters. The van der Waals surface area contributed by atoms with Crippen LogP contribution in [0.2, 0.25) is 0 Å². The highest BCUT2D eigenvalue weighted by Gasteiger charge is 2.40. The lowest BCUT2D eigenvalue weighted by atomic mass is 10.0. The van der Waals surface area contributed by atoms with E-state index in [9.17, 15) is 9.59 Å². The van der Waals surface area contributed by atoms with Crippen LogP contribution >= 0.6 is 0 Å². The lowest BCUT2D eigenvalue weighted by Crippen LogP contribution is -2.49. The topological polar surface area (TPSA) is 120 Å². The predicted molar refractivity (Wildman–Crippen MR) is 74.8 cm³/mol. The van der Waals surface area contributed by atoms with E-state index in [1.165, 1.54) is 6.92 Å². The van der Waals surface area contributed by atoms with E-state index in [-0.39, 0.29) is 6.42 Å². The highest BCUT2D eigenvalue weighted by molar-refractivity contribution is 5.66. The molecule has 0 aromatic heterocycles. The smallest absolute Gasteiger partial charge is 0.436 e. The van der Waals surface area contributed by atoms with Gasteiger partial charge in [-0.1, -0.05) is 5.11 Å². The largest absolute Gasteiger partial charge is 0.509 e. The zero-order valence-electron chi connectivity index (χ0n) is 13.3. The van der Waals surface area contributed by atoms with Crippen molar-refractivity contribution in [2.75, 3.05) is 0 Å². The normalized spacial score (nSPS) is 28.2. The van der Waals surface area contributed by atoms with Crippen molar-refractivity contribution in [2.24, 2.45) is 5.11 Å². The minimum absolute atomic E-state index is 0.0987. The van der Waals surface area contributed by atoms with Gasteiger partial charge in [0.15, 0.2) is 0 Å². The second-order valence-corrected chi connectivity index (χ2v) is 5.94. The first-order chi connectivity index (χ1) is 10.1. The molecule has 9 heteroatoms. The average Bonchev–Trinajstić information content (AvgIpc) is 2.30. The molecule has 1 rings (SSSR count). The van der Waals surface area contributed by atoms with Crippen molar-refractivity contribution in [1.29, 1.82) is 0 Å². The van der Waals surface area contributed by atoms with Crippen LogP contribution in [0.15, 0.2) is 5.11 Å². The number of hydrogen-bond acceptors (Lipinski definition) is 7. The first-order valence-electron chi connectivity index (χ1n) is 6.89. The van der Waals surface area contributed by atoms with Gasteiger partial charge in [0.1, 0.15) is 11.7 Å². The lowest BCUT2D eigenvalue weighted by molar-refractivity contribution is -0.223. The van der Waals surface area contributed by atoms with E-state index in [2.05, 4.69) is 10.0 Å². The van der Waals surface area contributed by atoms with Crippen LogP contribution in [0.25, 0.3) is 10.4 Å². The van der Waals surface area contributed by atoms with Crippen LogP contribution in [0.1, 0.15) is 41.0 Å². The summed E-state index contributed by atoms with van der Waals surface area (Å²) < 4.78 is 20.7. The van der Waals surface area contributed by atoms with Crippen molar-refractivity contribution < 1.29 is 28.5 Å². The quantitative estimate of drug-likeness (QED) is 0.342. The molecule has 0 spiro atoms. The maximum Gasteiger partial charge on any atom is 0.509 e. The fourth-order valence-corrected chi connectivity index (χ4v) is 2.02.